The van der Waals surface area contributed by atoms with Gasteiger partial charge < -0.3 is 25.5 Å². The molecule has 0 aromatic carbocycles. The zero-order chi connectivity index (χ0) is 21.3. The van der Waals surface area contributed by atoms with Crippen LogP contribution in [-0.4, -0.2) is 74.7 Å². The average molecular weight is 419 g/mol. The van der Waals surface area contributed by atoms with Crippen molar-refractivity contribution in [3.63, 3.8) is 0 Å². The van der Waals surface area contributed by atoms with Crippen LogP contribution in [0.25, 0.3) is 0 Å². The lowest BCUT2D eigenvalue weighted by Crippen LogP contribution is -2.46. The molecule has 4 N–H and O–H groups in total. The molecule has 3 aliphatic rings. The Bertz CT molecular complexity index is 675. The zero-order valence-corrected chi connectivity index (χ0v) is 18.7. The molecule has 30 heavy (non-hydrogen) atoms. The summed E-state index contributed by atoms with van der Waals surface area (Å²) >= 11 is 0. The van der Waals surface area contributed by atoms with Crippen molar-refractivity contribution in [3.05, 3.63) is 35.0 Å². The van der Waals surface area contributed by atoms with E-state index >= 15 is 0 Å². The Balaban J connectivity index is 1.55. The maximum Gasteiger partial charge on any atom is 0.126 e. The third-order valence-electron chi connectivity index (χ3n) is 6.01. The lowest BCUT2D eigenvalue weighted by atomic mass is 10.00. The number of nitrogens with two attached hydrogens (primary N) is 1. The van der Waals surface area contributed by atoms with Crippen LogP contribution in [0.3, 0.4) is 0 Å². The maximum absolute atomic E-state index is 5.67. The van der Waals surface area contributed by atoms with Crippen LogP contribution in [0.4, 0.5) is 0 Å². The van der Waals surface area contributed by atoms with Gasteiger partial charge in [0, 0.05) is 45.0 Å². The molecule has 2 heterocycles. The first-order chi connectivity index (χ1) is 14.6. The largest absolute Gasteiger partial charge is 0.496 e. The number of hydrogen-bond acceptors (Lipinski definition) is 7. The van der Waals surface area contributed by atoms with E-state index in [2.05, 4.69) is 44.7 Å². The predicted molar refractivity (Wildman–Crippen MR) is 121 cm³/mol. The third kappa shape index (κ3) is 6.48. The Labute approximate surface area is 180 Å². The van der Waals surface area contributed by atoms with Crippen molar-refractivity contribution in [1.29, 1.82) is 0 Å². The second-order valence-electron chi connectivity index (χ2n) is 8.16. The summed E-state index contributed by atoms with van der Waals surface area (Å²) in [6, 6.07) is 1.06. The minimum absolute atomic E-state index is 0.226. The van der Waals surface area contributed by atoms with Gasteiger partial charge in [-0.15, -0.1) is 0 Å². The summed E-state index contributed by atoms with van der Waals surface area (Å²) in [4.78, 5) is 9.43. The van der Waals surface area contributed by atoms with Crippen LogP contribution in [0.1, 0.15) is 39.5 Å². The van der Waals surface area contributed by atoms with Crippen LogP contribution in [-0.2, 0) is 9.47 Å². The Morgan fingerprint density at radius 1 is 1.20 bits per heavy atom. The fourth-order valence-corrected chi connectivity index (χ4v) is 4.04. The maximum atomic E-state index is 5.67. The minimum Gasteiger partial charge on any atom is -0.496 e. The van der Waals surface area contributed by atoms with Crippen LogP contribution in [0.2, 0.25) is 0 Å². The Hall–Kier alpha value is -2.03. The summed E-state index contributed by atoms with van der Waals surface area (Å²) in [5, 5.41) is 0. The quantitative estimate of drug-likeness (QED) is 0.204. The molecule has 0 radical (unpaired) electrons. The molecule has 1 atom stereocenters. The van der Waals surface area contributed by atoms with E-state index in [1.165, 1.54) is 30.5 Å². The highest BCUT2D eigenvalue weighted by Crippen LogP contribution is 2.28. The monoisotopic (exact) mass is 418 g/mol. The molecular weight excluding hydrogens is 380 g/mol. The molecule has 3 rings (SSSR count). The highest BCUT2D eigenvalue weighted by Gasteiger charge is 2.31. The molecule has 2 fully saturated rings. The first-order valence-electron chi connectivity index (χ1n) is 11.1. The molecule has 8 heteroatoms. The molecule has 8 nitrogen and oxygen atoms in total. The normalized spacial score (nSPS) is 24.1. The van der Waals surface area contributed by atoms with Crippen molar-refractivity contribution in [1.82, 2.24) is 20.7 Å². The molecule has 1 saturated heterocycles. The Morgan fingerprint density at radius 2 is 1.97 bits per heavy atom. The van der Waals surface area contributed by atoms with Crippen molar-refractivity contribution in [2.24, 2.45) is 10.7 Å². The van der Waals surface area contributed by atoms with Crippen LogP contribution in [0, 0.1) is 0 Å². The number of piperazine rings is 1. The summed E-state index contributed by atoms with van der Waals surface area (Å²) in [5.41, 5.74) is 14.8. The van der Waals surface area contributed by atoms with Gasteiger partial charge in [0.1, 0.15) is 12.4 Å². The number of aliphatic imine (C=N–C) groups is 1. The lowest BCUT2D eigenvalue weighted by molar-refractivity contribution is 0.110. The number of nitrogens with one attached hydrogen (secondary N) is 2. The van der Waals surface area contributed by atoms with E-state index < -0.39 is 0 Å². The van der Waals surface area contributed by atoms with Crippen molar-refractivity contribution in [3.8, 4) is 0 Å². The highest BCUT2D eigenvalue weighted by atomic mass is 16.5. The van der Waals surface area contributed by atoms with E-state index in [4.69, 9.17) is 15.2 Å². The van der Waals surface area contributed by atoms with Gasteiger partial charge in [-0.25, -0.2) is 10.4 Å². The fourth-order valence-electron chi connectivity index (χ4n) is 4.04. The SMILES string of the molecule is COCCOC(C)=CCC1=C(C)NNC1C/C=C(\N=C/N)N1CCN(C2CC2)CC1. The second kappa shape index (κ2) is 11.4. The molecule has 1 unspecified atom stereocenters. The molecule has 0 aromatic rings. The number of hydrogen-bond donors (Lipinski definition) is 3. The summed E-state index contributed by atoms with van der Waals surface area (Å²) in [6.07, 6.45) is 10.2. The van der Waals surface area contributed by atoms with Gasteiger partial charge in [0.05, 0.1) is 24.7 Å². The minimum atomic E-state index is 0.226. The van der Waals surface area contributed by atoms with Crippen LogP contribution in [0.15, 0.2) is 40.0 Å². The number of methoxy groups -OCH3 is 1. The summed E-state index contributed by atoms with van der Waals surface area (Å²) < 4.78 is 10.7. The lowest BCUT2D eigenvalue weighted by Gasteiger charge is -2.36. The summed E-state index contributed by atoms with van der Waals surface area (Å²) in [7, 11) is 1.68. The molecule has 0 aromatic heterocycles. The first-order valence-corrected chi connectivity index (χ1v) is 11.1. The van der Waals surface area contributed by atoms with Crippen molar-refractivity contribution < 1.29 is 9.47 Å². The van der Waals surface area contributed by atoms with Crippen LogP contribution < -0.4 is 16.6 Å². The first kappa shape index (κ1) is 22.7. The molecule has 1 aliphatic carbocycles. The number of ether oxygens (including phenoxy) is 2. The standard InChI is InChI=1S/C22H38N6O2/c1-17(30-15-14-29-3)4-7-20-18(2)25-26-21(20)8-9-22(24-16-23)28-12-10-27(11-13-28)19-5-6-19/h4,9,16,19,21,25-26H,5-8,10-15H2,1-3H3,(H2,23,24)/b17-4?,22-9+. The van der Waals surface area contributed by atoms with Gasteiger partial charge in [0.25, 0.3) is 0 Å². The second-order valence-corrected chi connectivity index (χ2v) is 8.16. The van der Waals surface area contributed by atoms with Gasteiger partial charge in [0.2, 0.25) is 0 Å². The van der Waals surface area contributed by atoms with Gasteiger partial charge in [-0.2, -0.15) is 0 Å². The third-order valence-corrected chi connectivity index (χ3v) is 6.01. The Morgan fingerprint density at radius 3 is 2.63 bits per heavy atom. The van der Waals surface area contributed by atoms with Gasteiger partial charge in [-0.1, -0.05) is 0 Å². The van der Waals surface area contributed by atoms with Gasteiger partial charge in [0.15, 0.2) is 0 Å². The predicted octanol–water partition coefficient (Wildman–Crippen LogP) is 1.69. The number of hydrazine groups is 1. The highest BCUT2D eigenvalue weighted by molar-refractivity contribution is 5.53. The van der Waals surface area contributed by atoms with Gasteiger partial charge >= 0.3 is 0 Å². The van der Waals surface area contributed by atoms with E-state index in [1.54, 1.807) is 7.11 Å². The van der Waals surface area contributed by atoms with Crippen LogP contribution >= 0.6 is 0 Å². The molecule has 0 amide bonds. The van der Waals surface area contributed by atoms with Crippen molar-refractivity contribution >= 4 is 6.34 Å². The zero-order valence-electron chi connectivity index (χ0n) is 18.7. The van der Waals surface area contributed by atoms with E-state index in [1.807, 2.05) is 6.92 Å². The molecule has 168 valence electrons. The molecule has 0 bridgehead atoms. The van der Waals surface area contributed by atoms with Gasteiger partial charge in [-0.3, -0.25) is 4.90 Å². The van der Waals surface area contributed by atoms with Gasteiger partial charge in [-0.05, 0) is 57.3 Å². The van der Waals surface area contributed by atoms with E-state index in [0.29, 0.717) is 13.2 Å². The number of allylic oxidation sites excluding steroid dienone is 3. The van der Waals surface area contributed by atoms with Crippen LogP contribution in [0.5, 0.6) is 0 Å². The molecular formula is C22H38N6O2. The fraction of sp³-hybridized carbons (Fsp3) is 0.682. The molecule has 1 saturated carbocycles. The molecule has 0 spiro atoms. The molecule has 2 aliphatic heterocycles. The van der Waals surface area contributed by atoms with E-state index in [0.717, 1.165) is 56.6 Å². The number of nitrogens with zero attached hydrogens (tertiary/aromatic N) is 3. The smallest absolute Gasteiger partial charge is 0.126 e. The Kier molecular flexibility index (Phi) is 8.60. The van der Waals surface area contributed by atoms with Crippen molar-refractivity contribution in [2.75, 3.05) is 46.5 Å². The topological polar surface area (TPSA) is 87.4 Å². The van der Waals surface area contributed by atoms with Crippen molar-refractivity contribution in [2.45, 2.75) is 51.6 Å². The average Bonchev–Trinajstić information content (AvgIpc) is 3.54. The summed E-state index contributed by atoms with van der Waals surface area (Å²) in [5.74, 6) is 1.91. The summed E-state index contributed by atoms with van der Waals surface area (Å²) in [6.45, 7) is 9.53. The van der Waals surface area contributed by atoms with E-state index in [9.17, 15) is 0 Å². The van der Waals surface area contributed by atoms with E-state index in [-0.39, 0.29) is 6.04 Å². The number of rotatable bonds is 11.